The zero-order chi connectivity index (χ0) is 22.4. The molecule has 31 heavy (non-hydrogen) atoms. The van der Waals surface area contributed by atoms with Crippen LogP contribution in [0.1, 0.15) is 25.3 Å². The van der Waals surface area contributed by atoms with Gasteiger partial charge in [-0.25, -0.2) is 8.78 Å². The fourth-order valence-corrected chi connectivity index (χ4v) is 4.69. The SMILES string of the molecule is CC[S+]([O-])Cc1c(NC=O)cccc1OCC1CCN(c2c(F)cc(Cl)cc2F)CC1. The summed E-state index contributed by atoms with van der Waals surface area (Å²) in [5.41, 5.74) is 1.25. The number of rotatable bonds is 9. The van der Waals surface area contributed by atoms with Gasteiger partial charge in [-0.05, 0) is 61.1 Å². The molecule has 0 bridgehead atoms. The van der Waals surface area contributed by atoms with Gasteiger partial charge >= 0.3 is 0 Å². The van der Waals surface area contributed by atoms with Crippen LogP contribution in [0.4, 0.5) is 20.2 Å². The molecule has 0 aliphatic carbocycles. The maximum atomic E-state index is 14.2. The van der Waals surface area contributed by atoms with Gasteiger partial charge in [-0.2, -0.15) is 0 Å². The Morgan fingerprint density at radius 1 is 1.29 bits per heavy atom. The molecule has 3 rings (SSSR count). The van der Waals surface area contributed by atoms with E-state index in [2.05, 4.69) is 5.32 Å². The molecule has 1 fully saturated rings. The van der Waals surface area contributed by atoms with Crippen LogP contribution in [0.3, 0.4) is 0 Å². The fraction of sp³-hybridized carbons (Fsp3) is 0.409. The second-order valence-corrected chi connectivity index (χ2v) is 9.56. The minimum absolute atomic E-state index is 0.0353. The maximum absolute atomic E-state index is 14.2. The Kier molecular flexibility index (Phi) is 8.40. The quantitative estimate of drug-likeness (QED) is 0.424. The molecule has 5 nitrogen and oxygen atoms in total. The first kappa shape index (κ1) is 23.6. The van der Waals surface area contributed by atoms with Crippen LogP contribution in [0.25, 0.3) is 0 Å². The van der Waals surface area contributed by atoms with Crippen molar-refractivity contribution in [3.8, 4) is 5.75 Å². The second kappa shape index (κ2) is 11.0. The van der Waals surface area contributed by atoms with Gasteiger partial charge < -0.3 is 19.5 Å². The number of anilines is 2. The van der Waals surface area contributed by atoms with Crippen molar-refractivity contribution in [3.63, 3.8) is 0 Å². The number of piperidine rings is 1. The van der Waals surface area contributed by atoms with Gasteiger partial charge in [-0.1, -0.05) is 17.7 Å². The number of nitrogens with one attached hydrogen (secondary N) is 1. The summed E-state index contributed by atoms with van der Waals surface area (Å²) in [6.45, 7) is 3.27. The molecule has 0 aromatic heterocycles. The van der Waals surface area contributed by atoms with Gasteiger partial charge in [0.15, 0.2) is 11.6 Å². The third-order valence-corrected chi connectivity index (χ3v) is 6.83. The Balaban J connectivity index is 1.63. The molecule has 2 aromatic rings. The van der Waals surface area contributed by atoms with E-state index >= 15 is 0 Å². The number of hydrogen-bond acceptors (Lipinski definition) is 4. The first-order valence-corrected chi connectivity index (χ1v) is 12.0. The highest BCUT2D eigenvalue weighted by Crippen LogP contribution is 2.32. The van der Waals surface area contributed by atoms with Gasteiger partial charge in [0.2, 0.25) is 6.41 Å². The predicted octanol–water partition coefficient (Wildman–Crippen LogP) is 4.75. The van der Waals surface area contributed by atoms with Crippen molar-refractivity contribution in [3.05, 3.63) is 52.6 Å². The van der Waals surface area contributed by atoms with Crippen molar-refractivity contribution in [1.29, 1.82) is 0 Å². The van der Waals surface area contributed by atoms with Gasteiger partial charge in [0.05, 0.1) is 17.9 Å². The van der Waals surface area contributed by atoms with E-state index in [1.807, 2.05) is 6.92 Å². The Morgan fingerprint density at radius 3 is 2.58 bits per heavy atom. The summed E-state index contributed by atoms with van der Waals surface area (Å²) in [5.74, 6) is 0.273. The van der Waals surface area contributed by atoms with Crippen molar-refractivity contribution in [2.75, 3.05) is 35.7 Å². The Bertz CT molecular complexity index is 887. The van der Waals surface area contributed by atoms with Crippen LogP contribution in [-0.4, -0.2) is 36.4 Å². The van der Waals surface area contributed by atoms with E-state index in [-0.39, 0.29) is 22.4 Å². The second-order valence-electron chi connectivity index (χ2n) is 7.38. The topological polar surface area (TPSA) is 64.6 Å². The van der Waals surface area contributed by atoms with Crippen molar-refractivity contribution in [2.24, 2.45) is 5.92 Å². The Labute approximate surface area is 188 Å². The van der Waals surface area contributed by atoms with E-state index < -0.39 is 22.8 Å². The van der Waals surface area contributed by atoms with Gasteiger partial charge in [0.25, 0.3) is 0 Å². The number of nitrogens with zero attached hydrogens (tertiary/aromatic N) is 1. The molecular formula is C22H25ClF2N2O3S. The van der Waals surface area contributed by atoms with Crippen LogP contribution >= 0.6 is 11.6 Å². The number of benzene rings is 2. The van der Waals surface area contributed by atoms with Crippen LogP contribution in [0.5, 0.6) is 5.75 Å². The fourth-order valence-electron chi connectivity index (χ4n) is 3.68. The van der Waals surface area contributed by atoms with Crippen molar-refractivity contribution < 1.29 is 22.9 Å². The minimum atomic E-state index is -1.07. The summed E-state index contributed by atoms with van der Waals surface area (Å²) in [6.07, 6.45) is 2.01. The molecule has 0 spiro atoms. The molecule has 2 aromatic carbocycles. The smallest absolute Gasteiger partial charge is 0.211 e. The average molecular weight is 471 g/mol. The van der Waals surface area contributed by atoms with E-state index in [1.54, 1.807) is 23.1 Å². The summed E-state index contributed by atoms with van der Waals surface area (Å²) in [5, 5.41) is 2.68. The van der Waals surface area contributed by atoms with Crippen LogP contribution in [0.2, 0.25) is 5.02 Å². The lowest BCUT2D eigenvalue weighted by Crippen LogP contribution is -2.36. The van der Waals surface area contributed by atoms with Crippen LogP contribution in [0, 0.1) is 17.6 Å². The number of amides is 1. The Morgan fingerprint density at radius 2 is 1.97 bits per heavy atom. The van der Waals surface area contributed by atoms with Crippen molar-refractivity contribution >= 4 is 40.6 Å². The third-order valence-electron chi connectivity index (χ3n) is 5.36. The molecular weight excluding hydrogens is 446 g/mol. The summed E-state index contributed by atoms with van der Waals surface area (Å²) in [4.78, 5) is 12.6. The first-order chi connectivity index (χ1) is 14.9. The molecule has 0 radical (unpaired) electrons. The summed E-state index contributed by atoms with van der Waals surface area (Å²) < 4.78 is 46.5. The van der Waals surface area contributed by atoms with E-state index in [1.165, 1.54) is 0 Å². The van der Waals surface area contributed by atoms with E-state index in [9.17, 15) is 18.1 Å². The summed E-state index contributed by atoms with van der Waals surface area (Å²) in [7, 11) is 0. The zero-order valence-corrected chi connectivity index (χ0v) is 18.8. The lowest BCUT2D eigenvalue weighted by Gasteiger charge is -2.34. The normalized spacial score (nSPS) is 15.6. The summed E-state index contributed by atoms with van der Waals surface area (Å²) >= 11 is 4.64. The third kappa shape index (κ3) is 6.02. The van der Waals surface area contributed by atoms with E-state index in [4.69, 9.17) is 16.3 Å². The molecule has 168 valence electrons. The Hall–Kier alpha value is -2.03. The molecule has 0 saturated carbocycles. The highest BCUT2D eigenvalue weighted by atomic mass is 35.5. The highest BCUT2D eigenvalue weighted by Gasteiger charge is 2.25. The number of carbonyl (C=O) groups excluding carboxylic acids is 1. The molecule has 1 heterocycles. The zero-order valence-electron chi connectivity index (χ0n) is 17.2. The molecule has 1 aliphatic heterocycles. The average Bonchev–Trinajstić information content (AvgIpc) is 2.74. The highest BCUT2D eigenvalue weighted by molar-refractivity contribution is 7.90. The van der Waals surface area contributed by atoms with Crippen LogP contribution in [-0.2, 0) is 21.7 Å². The molecule has 1 saturated heterocycles. The molecule has 1 N–H and O–H groups in total. The van der Waals surface area contributed by atoms with Crippen LogP contribution < -0.4 is 15.0 Å². The molecule has 1 unspecified atom stereocenters. The lowest BCUT2D eigenvalue weighted by atomic mass is 9.97. The van der Waals surface area contributed by atoms with Crippen LogP contribution in [0.15, 0.2) is 30.3 Å². The molecule has 9 heteroatoms. The first-order valence-electron chi connectivity index (χ1n) is 10.1. The standard InChI is InChI=1S/C22H25ClF2N2O3S/c1-2-31(29)13-17-20(26-14-28)4-3-5-21(17)30-12-15-6-8-27(9-7-15)22-18(24)10-16(23)11-19(22)25/h3-5,10-11,14-15H,2,6-9,12-13H2,1H3,(H,26,28). The van der Waals surface area contributed by atoms with E-state index in [0.717, 1.165) is 12.1 Å². The van der Waals surface area contributed by atoms with Crippen molar-refractivity contribution in [2.45, 2.75) is 25.5 Å². The van der Waals surface area contributed by atoms with Gasteiger partial charge in [-0.15, -0.1) is 0 Å². The lowest BCUT2D eigenvalue weighted by molar-refractivity contribution is -0.105. The number of hydrogen-bond donors (Lipinski definition) is 1. The number of carbonyl (C=O) groups is 1. The minimum Gasteiger partial charge on any atom is -0.616 e. The van der Waals surface area contributed by atoms with E-state index in [0.29, 0.717) is 61.7 Å². The molecule has 1 amide bonds. The van der Waals surface area contributed by atoms with Gasteiger partial charge in [0, 0.05) is 18.1 Å². The van der Waals surface area contributed by atoms with Gasteiger partial charge in [-0.3, -0.25) is 4.79 Å². The summed E-state index contributed by atoms with van der Waals surface area (Å²) in [6, 6.07) is 7.56. The monoisotopic (exact) mass is 470 g/mol. The van der Waals surface area contributed by atoms with Crippen molar-refractivity contribution in [1.82, 2.24) is 0 Å². The van der Waals surface area contributed by atoms with Gasteiger partial charge in [0.1, 0.15) is 22.9 Å². The number of halogens is 3. The number of ether oxygens (including phenoxy) is 1. The molecule has 1 atom stereocenters. The predicted molar refractivity (Wildman–Crippen MR) is 120 cm³/mol. The largest absolute Gasteiger partial charge is 0.616 e. The molecule has 1 aliphatic rings. The maximum Gasteiger partial charge on any atom is 0.211 e.